The maximum Gasteiger partial charge on any atom is 0.306 e. The third-order valence-electron chi connectivity index (χ3n) is 10.8. The van der Waals surface area contributed by atoms with E-state index in [1.54, 1.807) is 0 Å². The highest BCUT2D eigenvalue weighted by Gasteiger charge is 2.19. The molecule has 0 N–H and O–H groups in total. The van der Waals surface area contributed by atoms with Crippen LogP contribution in [-0.2, 0) is 28.6 Å². The Morgan fingerprint density at radius 3 is 0.942 bits per heavy atom. The van der Waals surface area contributed by atoms with Crippen LogP contribution in [0.25, 0.3) is 0 Å². The van der Waals surface area contributed by atoms with Gasteiger partial charge in [-0.05, 0) is 135 Å². The van der Waals surface area contributed by atoms with Crippen LogP contribution < -0.4 is 0 Å². The Labute approximate surface area is 423 Å². The molecule has 6 nitrogen and oxygen atoms in total. The van der Waals surface area contributed by atoms with Gasteiger partial charge in [0.2, 0.25) is 0 Å². The largest absolute Gasteiger partial charge is 0.462 e. The standard InChI is InChI=1S/C63H98O6/c1-4-7-10-13-16-19-22-25-28-30-31-33-35-38-41-44-47-50-53-56-62(65)68-59-60(58-67-61(64)55-52-49-46-43-40-37-34-27-24-21-18-15-12-9-6-3)69-63(66)57-54-51-48-45-42-39-36-32-29-26-23-20-17-14-11-8-5-2/h7-8,10-11,16-21,25-29,31,33-34,36,38-39,41,45,48,60H,4-6,9,12-15,22-24,30,32,35,37,40,42-44,46-47,49-59H2,1-3H3/b10-7-,11-8-,19-16-,20-17-,21-18-,28-25-,29-26-,33-31-,34-27-,39-36-,41-38-,48-45-. The van der Waals surface area contributed by atoms with Gasteiger partial charge in [-0.1, -0.05) is 205 Å². The van der Waals surface area contributed by atoms with Gasteiger partial charge in [-0.25, -0.2) is 0 Å². The van der Waals surface area contributed by atoms with E-state index in [2.05, 4.69) is 167 Å². The van der Waals surface area contributed by atoms with Crippen molar-refractivity contribution in [3.63, 3.8) is 0 Å². The molecule has 0 bridgehead atoms. The minimum Gasteiger partial charge on any atom is -0.462 e. The van der Waals surface area contributed by atoms with E-state index in [9.17, 15) is 14.4 Å². The minimum atomic E-state index is -0.834. The van der Waals surface area contributed by atoms with Crippen molar-refractivity contribution in [3.8, 4) is 0 Å². The second kappa shape index (κ2) is 55.9. The molecule has 0 aliphatic rings. The molecule has 0 heterocycles. The molecule has 0 spiro atoms. The van der Waals surface area contributed by atoms with Gasteiger partial charge in [0.1, 0.15) is 13.2 Å². The molecule has 0 aromatic carbocycles. The predicted octanol–water partition coefficient (Wildman–Crippen LogP) is 18.4. The molecule has 0 aliphatic heterocycles. The number of hydrogen-bond acceptors (Lipinski definition) is 6. The number of hydrogen-bond donors (Lipinski definition) is 0. The molecule has 0 aliphatic carbocycles. The van der Waals surface area contributed by atoms with Crippen molar-refractivity contribution < 1.29 is 28.6 Å². The molecule has 0 rings (SSSR count). The Morgan fingerprint density at radius 1 is 0.304 bits per heavy atom. The number of carbonyl (C=O) groups is 3. The smallest absolute Gasteiger partial charge is 0.306 e. The molecular formula is C63H98O6. The molecule has 0 radical (unpaired) electrons. The van der Waals surface area contributed by atoms with Gasteiger partial charge in [-0.2, -0.15) is 0 Å². The summed E-state index contributed by atoms with van der Waals surface area (Å²) in [6, 6.07) is 0. The Kier molecular flexibility index (Phi) is 52.1. The zero-order chi connectivity index (χ0) is 50.0. The Hall–Kier alpha value is -4.71. The highest BCUT2D eigenvalue weighted by atomic mass is 16.6. The van der Waals surface area contributed by atoms with Gasteiger partial charge in [0.05, 0.1) is 0 Å². The normalized spacial score (nSPS) is 13.3. The molecule has 0 saturated carbocycles. The maximum absolute atomic E-state index is 12.8. The molecule has 1 atom stereocenters. The fourth-order valence-corrected chi connectivity index (χ4v) is 6.77. The molecular weight excluding hydrogens is 853 g/mol. The van der Waals surface area contributed by atoms with Gasteiger partial charge in [-0.3, -0.25) is 14.4 Å². The summed E-state index contributed by atoms with van der Waals surface area (Å²) in [6.45, 7) is 6.28. The molecule has 0 aromatic heterocycles. The van der Waals surface area contributed by atoms with E-state index in [1.807, 2.05) is 0 Å². The second-order valence-electron chi connectivity index (χ2n) is 17.4. The summed E-state index contributed by atoms with van der Waals surface area (Å²) < 4.78 is 16.7. The number of unbranched alkanes of at least 4 members (excludes halogenated alkanes) is 12. The first-order valence-electron chi connectivity index (χ1n) is 27.3. The predicted molar refractivity (Wildman–Crippen MR) is 297 cm³/mol. The van der Waals surface area contributed by atoms with Crippen LogP contribution in [0.3, 0.4) is 0 Å². The molecule has 0 aromatic rings. The number of carbonyl (C=O) groups excluding carboxylic acids is 3. The molecule has 0 fully saturated rings. The lowest BCUT2D eigenvalue weighted by atomic mass is 10.1. The lowest BCUT2D eigenvalue weighted by molar-refractivity contribution is -0.167. The third-order valence-corrected chi connectivity index (χ3v) is 10.8. The topological polar surface area (TPSA) is 78.9 Å². The van der Waals surface area contributed by atoms with Gasteiger partial charge in [0.15, 0.2) is 6.10 Å². The average molecular weight is 951 g/mol. The van der Waals surface area contributed by atoms with Crippen LogP contribution in [0, 0.1) is 0 Å². The number of esters is 3. The van der Waals surface area contributed by atoms with Gasteiger partial charge in [-0.15, -0.1) is 0 Å². The van der Waals surface area contributed by atoms with E-state index >= 15 is 0 Å². The van der Waals surface area contributed by atoms with Crippen molar-refractivity contribution in [3.05, 3.63) is 146 Å². The van der Waals surface area contributed by atoms with Crippen molar-refractivity contribution in [2.24, 2.45) is 0 Å². The Balaban J connectivity index is 4.59. The zero-order valence-electron chi connectivity index (χ0n) is 44.0. The van der Waals surface area contributed by atoms with E-state index < -0.39 is 6.10 Å². The lowest BCUT2D eigenvalue weighted by Crippen LogP contribution is -2.30. The highest BCUT2D eigenvalue weighted by molar-refractivity contribution is 5.71. The van der Waals surface area contributed by atoms with Gasteiger partial charge in [0.25, 0.3) is 0 Å². The quantitative estimate of drug-likeness (QED) is 0.0262. The van der Waals surface area contributed by atoms with Crippen molar-refractivity contribution in [2.75, 3.05) is 13.2 Å². The number of ether oxygens (including phenoxy) is 3. The molecule has 1 unspecified atom stereocenters. The zero-order valence-corrected chi connectivity index (χ0v) is 44.0. The SMILES string of the molecule is CC/C=C\C/C=C\C/C=C\C/C=C\C/C=C\CCCCCC(=O)OCC(COC(=O)CCCCCCC/C=C\C/C=C\CCCCC)OC(=O)CCC/C=C\C/C=C\C/C=C\C/C=C\C/C=C\CC. The summed E-state index contributed by atoms with van der Waals surface area (Å²) in [5.74, 6) is -1.04. The number of allylic oxidation sites excluding steroid dienone is 24. The van der Waals surface area contributed by atoms with Crippen molar-refractivity contribution in [2.45, 2.75) is 219 Å². The highest BCUT2D eigenvalue weighted by Crippen LogP contribution is 2.11. The number of rotatable bonds is 47. The summed E-state index contributed by atoms with van der Waals surface area (Å²) in [7, 11) is 0. The summed E-state index contributed by atoms with van der Waals surface area (Å²) >= 11 is 0. The van der Waals surface area contributed by atoms with Crippen molar-refractivity contribution in [1.29, 1.82) is 0 Å². The average Bonchev–Trinajstić information content (AvgIpc) is 3.35. The van der Waals surface area contributed by atoms with Gasteiger partial charge in [0, 0.05) is 19.3 Å². The van der Waals surface area contributed by atoms with E-state index in [4.69, 9.17) is 14.2 Å². The summed E-state index contributed by atoms with van der Waals surface area (Å²) in [5.41, 5.74) is 0. The molecule has 6 heteroatoms. The van der Waals surface area contributed by atoms with Crippen molar-refractivity contribution >= 4 is 17.9 Å². The summed E-state index contributed by atoms with van der Waals surface area (Å²) in [4.78, 5) is 38.1. The van der Waals surface area contributed by atoms with Crippen LogP contribution in [-0.4, -0.2) is 37.2 Å². The maximum atomic E-state index is 12.8. The third kappa shape index (κ3) is 54.1. The first-order chi connectivity index (χ1) is 34.0. The van der Waals surface area contributed by atoms with Crippen LogP contribution in [0.15, 0.2) is 146 Å². The van der Waals surface area contributed by atoms with E-state index in [1.165, 1.54) is 25.7 Å². The monoisotopic (exact) mass is 951 g/mol. The molecule has 386 valence electrons. The van der Waals surface area contributed by atoms with Crippen molar-refractivity contribution in [1.82, 2.24) is 0 Å². The van der Waals surface area contributed by atoms with E-state index in [0.29, 0.717) is 19.3 Å². The van der Waals surface area contributed by atoms with Crippen LogP contribution in [0.5, 0.6) is 0 Å². The van der Waals surface area contributed by atoms with Crippen LogP contribution in [0.2, 0.25) is 0 Å². The first kappa shape index (κ1) is 64.3. The minimum absolute atomic E-state index is 0.125. The van der Waals surface area contributed by atoms with Crippen LogP contribution in [0.4, 0.5) is 0 Å². The summed E-state index contributed by atoms with van der Waals surface area (Å²) in [6.07, 6.45) is 79.8. The van der Waals surface area contributed by atoms with Gasteiger partial charge >= 0.3 is 17.9 Å². The van der Waals surface area contributed by atoms with Gasteiger partial charge < -0.3 is 14.2 Å². The lowest BCUT2D eigenvalue weighted by Gasteiger charge is -2.18. The second-order valence-corrected chi connectivity index (χ2v) is 17.4. The molecule has 0 saturated heterocycles. The van der Waals surface area contributed by atoms with E-state index in [-0.39, 0.29) is 37.5 Å². The fraction of sp³-hybridized carbons (Fsp3) is 0.571. The molecule has 69 heavy (non-hydrogen) atoms. The first-order valence-corrected chi connectivity index (χ1v) is 27.3. The molecule has 0 amide bonds. The van der Waals surface area contributed by atoms with E-state index in [0.717, 1.165) is 141 Å². The fourth-order valence-electron chi connectivity index (χ4n) is 6.77. The summed E-state index contributed by atoms with van der Waals surface area (Å²) in [5, 5.41) is 0. The Morgan fingerprint density at radius 2 is 0.580 bits per heavy atom. The van der Waals surface area contributed by atoms with Crippen LogP contribution >= 0.6 is 0 Å². The Bertz CT molecular complexity index is 1560. The van der Waals surface area contributed by atoms with Crippen LogP contribution in [0.1, 0.15) is 213 Å².